The van der Waals surface area contributed by atoms with Crippen molar-refractivity contribution >= 4 is 52.1 Å². The van der Waals surface area contributed by atoms with E-state index >= 15 is 0 Å². The lowest BCUT2D eigenvalue weighted by molar-refractivity contribution is 0.0743. The molecule has 2 amide bonds. The second-order valence-electron chi connectivity index (χ2n) is 7.95. The van der Waals surface area contributed by atoms with E-state index in [0.29, 0.717) is 48.1 Å². The number of halogens is 1. The van der Waals surface area contributed by atoms with Crippen molar-refractivity contribution in [3.63, 3.8) is 0 Å². The minimum absolute atomic E-state index is 0.0883. The molecule has 7 nitrogen and oxygen atoms in total. The lowest BCUT2D eigenvalue weighted by Gasteiger charge is -2.36. The minimum atomic E-state index is -0.262. The summed E-state index contributed by atoms with van der Waals surface area (Å²) in [5, 5.41) is 6.45. The first-order valence-electron chi connectivity index (χ1n) is 11.1. The summed E-state index contributed by atoms with van der Waals surface area (Å²) >= 11 is 11.4. The SMILES string of the molecule is COc1ccc(Cl)cc1C(=O)N1CCN(c2ccc(NC(=S)NC(=O)c3ccccc3)cc2)CC1. The Morgan fingerprint density at radius 3 is 2.29 bits per heavy atom. The van der Waals surface area contributed by atoms with Crippen molar-refractivity contribution in [3.8, 4) is 5.75 Å². The lowest BCUT2D eigenvalue weighted by atomic mass is 10.1. The van der Waals surface area contributed by atoms with Crippen LogP contribution in [0.5, 0.6) is 5.75 Å². The molecule has 4 rings (SSSR count). The number of carbonyl (C=O) groups is 2. The van der Waals surface area contributed by atoms with Gasteiger partial charge in [0.25, 0.3) is 11.8 Å². The molecule has 0 atom stereocenters. The highest BCUT2D eigenvalue weighted by Gasteiger charge is 2.24. The quantitative estimate of drug-likeness (QED) is 0.496. The Kier molecular flexibility index (Phi) is 7.84. The number of anilines is 2. The molecule has 1 saturated heterocycles. The van der Waals surface area contributed by atoms with E-state index in [1.54, 1.807) is 49.6 Å². The molecule has 0 radical (unpaired) electrons. The smallest absolute Gasteiger partial charge is 0.257 e. The molecule has 0 bridgehead atoms. The summed E-state index contributed by atoms with van der Waals surface area (Å²) in [6.45, 7) is 2.58. The van der Waals surface area contributed by atoms with Gasteiger partial charge in [-0.1, -0.05) is 29.8 Å². The van der Waals surface area contributed by atoms with Gasteiger partial charge in [0.05, 0.1) is 12.7 Å². The molecule has 2 N–H and O–H groups in total. The lowest BCUT2D eigenvalue weighted by Crippen LogP contribution is -2.48. The third kappa shape index (κ3) is 6.09. The molecular formula is C26H25ClN4O3S. The Bertz CT molecular complexity index is 1210. The molecule has 0 unspecified atom stereocenters. The average molecular weight is 509 g/mol. The van der Waals surface area contributed by atoms with E-state index in [2.05, 4.69) is 15.5 Å². The van der Waals surface area contributed by atoms with Gasteiger partial charge in [-0.2, -0.15) is 0 Å². The zero-order chi connectivity index (χ0) is 24.8. The molecule has 9 heteroatoms. The van der Waals surface area contributed by atoms with Crippen LogP contribution in [0.3, 0.4) is 0 Å². The van der Waals surface area contributed by atoms with Crippen LogP contribution in [0.25, 0.3) is 0 Å². The predicted molar refractivity (Wildman–Crippen MR) is 143 cm³/mol. The molecule has 180 valence electrons. The van der Waals surface area contributed by atoms with Crippen molar-refractivity contribution < 1.29 is 14.3 Å². The van der Waals surface area contributed by atoms with Crippen LogP contribution >= 0.6 is 23.8 Å². The number of methoxy groups -OCH3 is 1. The highest BCUT2D eigenvalue weighted by atomic mass is 35.5. The van der Waals surface area contributed by atoms with E-state index in [1.165, 1.54) is 0 Å². The van der Waals surface area contributed by atoms with Crippen molar-refractivity contribution in [3.05, 3.63) is 88.9 Å². The second kappa shape index (κ2) is 11.2. The summed E-state index contributed by atoms with van der Waals surface area (Å²) in [5.41, 5.74) is 2.83. The minimum Gasteiger partial charge on any atom is -0.496 e. The van der Waals surface area contributed by atoms with Gasteiger partial charge < -0.3 is 19.9 Å². The Hall–Kier alpha value is -3.62. The first-order chi connectivity index (χ1) is 16.9. The van der Waals surface area contributed by atoms with Gasteiger partial charge >= 0.3 is 0 Å². The average Bonchev–Trinajstić information content (AvgIpc) is 2.89. The highest BCUT2D eigenvalue weighted by Crippen LogP contribution is 2.25. The van der Waals surface area contributed by atoms with Crippen LogP contribution in [0.1, 0.15) is 20.7 Å². The molecule has 0 aliphatic carbocycles. The van der Waals surface area contributed by atoms with Gasteiger partial charge in [-0.25, -0.2) is 0 Å². The Morgan fingerprint density at radius 1 is 0.943 bits per heavy atom. The number of nitrogens with zero attached hydrogens (tertiary/aromatic N) is 2. The molecule has 1 aliphatic rings. The van der Waals surface area contributed by atoms with Gasteiger partial charge in [0, 0.05) is 48.1 Å². The first-order valence-corrected chi connectivity index (χ1v) is 11.9. The van der Waals surface area contributed by atoms with E-state index < -0.39 is 0 Å². The van der Waals surface area contributed by atoms with Crippen LogP contribution in [0.15, 0.2) is 72.8 Å². The zero-order valence-corrected chi connectivity index (χ0v) is 20.7. The monoisotopic (exact) mass is 508 g/mol. The van der Waals surface area contributed by atoms with Crippen LogP contribution in [-0.4, -0.2) is 55.1 Å². The maximum atomic E-state index is 13.0. The van der Waals surface area contributed by atoms with E-state index in [1.807, 2.05) is 35.2 Å². The third-order valence-corrected chi connectivity index (χ3v) is 6.15. The van der Waals surface area contributed by atoms with Crippen LogP contribution in [0, 0.1) is 0 Å². The summed E-state index contributed by atoms with van der Waals surface area (Å²) < 4.78 is 5.33. The topological polar surface area (TPSA) is 73.9 Å². The van der Waals surface area contributed by atoms with Crippen molar-refractivity contribution in [2.24, 2.45) is 0 Å². The predicted octanol–water partition coefficient (Wildman–Crippen LogP) is 4.44. The summed E-state index contributed by atoms with van der Waals surface area (Å²) in [6, 6.07) is 21.8. The fourth-order valence-electron chi connectivity index (χ4n) is 3.87. The van der Waals surface area contributed by atoms with Crippen molar-refractivity contribution in [2.75, 3.05) is 43.5 Å². The molecule has 3 aromatic rings. The van der Waals surface area contributed by atoms with E-state index in [9.17, 15) is 9.59 Å². The molecule has 1 fully saturated rings. The number of benzene rings is 3. The number of hydrogen-bond acceptors (Lipinski definition) is 5. The van der Waals surface area contributed by atoms with Gasteiger partial charge in [0.15, 0.2) is 5.11 Å². The first kappa shape index (κ1) is 24.5. The summed E-state index contributed by atoms with van der Waals surface area (Å²) in [4.78, 5) is 29.3. The summed E-state index contributed by atoms with van der Waals surface area (Å²) in [5.74, 6) is 0.167. The largest absolute Gasteiger partial charge is 0.496 e. The Labute approximate surface area is 214 Å². The fraction of sp³-hybridized carbons (Fsp3) is 0.192. The van der Waals surface area contributed by atoms with E-state index in [0.717, 1.165) is 11.4 Å². The maximum Gasteiger partial charge on any atom is 0.257 e. The third-order valence-electron chi connectivity index (χ3n) is 5.71. The number of nitrogens with one attached hydrogen (secondary N) is 2. The number of amides is 2. The van der Waals surface area contributed by atoms with Gasteiger partial charge in [0.2, 0.25) is 0 Å². The normalized spacial score (nSPS) is 13.2. The van der Waals surface area contributed by atoms with Gasteiger partial charge in [-0.3, -0.25) is 14.9 Å². The van der Waals surface area contributed by atoms with Crippen LogP contribution < -0.4 is 20.3 Å². The van der Waals surface area contributed by atoms with E-state index in [-0.39, 0.29) is 16.9 Å². The number of thiocarbonyl (C=S) groups is 1. The maximum absolute atomic E-state index is 13.0. The summed E-state index contributed by atoms with van der Waals surface area (Å²) in [6.07, 6.45) is 0. The molecule has 3 aromatic carbocycles. The molecule has 35 heavy (non-hydrogen) atoms. The number of piperazine rings is 1. The Balaban J connectivity index is 1.30. The zero-order valence-electron chi connectivity index (χ0n) is 19.2. The van der Waals surface area contributed by atoms with Gasteiger partial charge in [-0.05, 0) is 66.8 Å². The molecule has 0 saturated carbocycles. The standard InChI is InChI=1S/C26H25ClN4O3S/c1-34-23-12-7-19(27)17-22(23)25(33)31-15-13-30(14-16-31)21-10-8-20(9-11-21)28-26(35)29-24(32)18-5-3-2-4-6-18/h2-12,17H,13-16H2,1H3,(H2,28,29,32,35). The van der Waals surface area contributed by atoms with Crippen molar-refractivity contribution in [2.45, 2.75) is 0 Å². The van der Waals surface area contributed by atoms with Crippen LogP contribution in [0.2, 0.25) is 5.02 Å². The van der Waals surface area contributed by atoms with Crippen LogP contribution in [0.4, 0.5) is 11.4 Å². The molecule has 1 heterocycles. The van der Waals surface area contributed by atoms with Gasteiger partial charge in [0.1, 0.15) is 5.75 Å². The highest BCUT2D eigenvalue weighted by molar-refractivity contribution is 7.80. The molecule has 0 spiro atoms. The number of rotatable bonds is 5. The Morgan fingerprint density at radius 2 is 1.63 bits per heavy atom. The fourth-order valence-corrected chi connectivity index (χ4v) is 4.25. The van der Waals surface area contributed by atoms with E-state index in [4.69, 9.17) is 28.6 Å². The molecule has 0 aromatic heterocycles. The second-order valence-corrected chi connectivity index (χ2v) is 8.79. The number of hydrogen-bond donors (Lipinski definition) is 2. The number of ether oxygens (including phenoxy) is 1. The number of carbonyl (C=O) groups excluding carboxylic acids is 2. The van der Waals surface area contributed by atoms with Crippen LogP contribution in [-0.2, 0) is 0 Å². The molecular weight excluding hydrogens is 484 g/mol. The molecule has 1 aliphatic heterocycles. The van der Waals surface area contributed by atoms with Crippen molar-refractivity contribution in [1.29, 1.82) is 0 Å². The van der Waals surface area contributed by atoms with Crippen molar-refractivity contribution in [1.82, 2.24) is 10.2 Å². The summed E-state index contributed by atoms with van der Waals surface area (Å²) in [7, 11) is 1.54. The van der Waals surface area contributed by atoms with Gasteiger partial charge in [-0.15, -0.1) is 0 Å².